The number of thiophene rings is 1. The Hall–Kier alpha value is -1.15. The van der Waals surface area contributed by atoms with Gasteiger partial charge in [-0.1, -0.05) is 13.8 Å². The number of carbonyl (C=O) groups is 1. The molecule has 0 radical (unpaired) electrons. The average molecular weight is 368 g/mol. The molecule has 3 rings (SSSR count). The summed E-state index contributed by atoms with van der Waals surface area (Å²) in [5.41, 5.74) is 1.28. The Morgan fingerprint density at radius 1 is 1.32 bits per heavy atom. The molecule has 2 amide bonds. The van der Waals surface area contributed by atoms with Crippen LogP contribution in [0.1, 0.15) is 38.3 Å². The summed E-state index contributed by atoms with van der Waals surface area (Å²) in [6.45, 7) is 9.58. The molecule has 6 nitrogen and oxygen atoms in total. The number of carbonyl (C=O) groups excluding carboxylic acids is 1. The molecule has 3 heterocycles. The molecule has 1 N–H and O–H groups in total. The van der Waals surface area contributed by atoms with E-state index in [1.54, 1.807) is 11.3 Å². The third kappa shape index (κ3) is 4.34. The average Bonchev–Trinajstić information content (AvgIpc) is 3.31. The summed E-state index contributed by atoms with van der Waals surface area (Å²) in [5.74, 6) is -0.433. The van der Waals surface area contributed by atoms with Gasteiger partial charge in [-0.2, -0.15) is 11.3 Å². The number of piperidine rings is 1. The summed E-state index contributed by atoms with van der Waals surface area (Å²) < 4.78 is 11.5. The highest BCUT2D eigenvalue weighted by Crippen LogP contribution is 2.31. The molecular formula is C18H29N3O3S. The molecule has 0 bridgehead atoms. The normalized spacial score (nSPS) is 21.0. The number of nitrogens with one attached hydrogen (secondary N) is 1. The molecule has 0 aliphatic carbocycles. The van der Waals surface area contributed by atoms with Gasteiger partial charge >= 0.3 is 6.03 Å². The van der Waals surface area contributed by atoms with Crippen molar-refractivity contribution < 1.29 is 14.3 Å². The van der Waals surface area contributed by atoms with Crippen molar-refractivity contribution in [3.63, 3.8) is 0 Å². The summed E-state index contributed by atoms with van der Waals surface area (Å²) in [7, 11) is 0. The molecular weight excluding hydrogens is 338 g/mol. The number of hydrogen-bond donors (Lipinski definition) is 1. The van der Waals surface area contributed by atoms with Crippen LogP contribution in [-0.4, -0.2) is 67.6 Å². The van der Waals surface area contributed by atoms with Crippen LogP contribution >= 0.6 is 11.3 Å². The van der Waals surface area contributed by atoms with Gasteiger partial charge in [-0.25, -0.2) is 4.79 Å². The van der Waals surface area contributed by atoms with E-state index in [1.807, 2.05) is 4.90 Å². The molecule has 2 saturated heterocycles. The van der Waals surface area contributed by atoms with Gasteiger partial charge in [0.25, 0.3) is 0 Å². The van der Waals surface area contributed by atoms with Crippen LogP contribution in [0, 0.1) is 0 Å². The first kappa shape index (κ1) is 18.6. The van der Waals surface area contributed by atoms with E-state index in [9.17, 15) is 4.79 Å². The Morgan fingerprint density at radius 2 is 2.00 bits per heavy atom. The van der Waals surface area contributed by atoms with Crippen LogP contribution in [0.5, 0.6) is 0 Å². The number of ether oxygens (including phenoxy) is 2. The monoisotopic (exact) mass is 367 g/mol. The highest BCUT2D eigenvalue weighted by atomic mass is 32.1. The molecule has 1 aromatic heterocycles. The Morgan fingerprint density at radius 3 is 2.56 bits per heavy atom. The molecule has 1 atom stereocenters. The van der Waals surface area contributed by atoms with E-state index in [0.717, 1.165) is 25.9 Å². The predicted octanol–water partition coefficient (Wildman–Crippen LogP) is 2.68. The van der Waals surface area contributed by atoms with E-state index < -0.39 is 5.79 Å². The topological polar surface area (TPSA) is 54.0 Å². The summed E-state index contributed by atoms with van der Waals surface area (Å²) in [6, 6.07) is 2.39. The standard InChI is InChI=1S/C18H29N3O3S/c1-3-20(4-2)16(15-5-12-25-14-15)13-19-17(22)21-8-6-18(7-9-21)23-10-11-24-18/h5,12,14,16H,3-4,6-11,13H2,1-2H3,(H,19,22). The minimum Gasteiger partial charge on any atom is -0.347 e. The molecule has 2 aliphatic rings. The highest BCUT2D eigenvalue weighted by molar-refractivity contribution is 7.07. The van der Waals surface area contributed by atoms with Gasteiger partial charge in [-0.05, 0) is 35.5 Å². The molecule has 7 heteroatoms. The van der Waals surface area contributed by atoms with Crippen LogP contribution in [0.3, 0.4) is 0 Å². The van der Waals surface area contributed by atoms with Gasteiger partial charge in [0.2, 0.25) is 0 Å². The van der Waals surface area contributed by atoms with Crippen molar-refractivity contribution in [2.24, 2.45) is 0 Å². The highest BCUT2D eigenvalue weighted by Gasteiger charge is 2.40. The molecule has 1 unspecified atom stereocenters. The van der Waals surface area contributed by atoms with E-state index in [2.05, 4.69) is 40.9 Å². The first-order valence-electron chi connectivity index (χ1n) is 9.24. The van der Waals surface area contributed by atoms with Gasteiger partial charge in [-0.15, -0.1) is 0 Å². The van der Waals surface area contributed by atoms with Crippen molar-refractivity contribution in [2.75, 3.05) is 45.9 Å². The first-order chi connectivity index (χ1) is 12.2. The number of likely N-dealkylation sites (N-methyl/N-ethyl adjacent to an activating group) is 1. The second-order valence-electron chi connectivity index (χ2n) is 6.57. The maximum atomic E-state index is 12.6. The lowest BCUT2D eigenvalue weighted by Gasteiger charge is -2.38. The van der Waals surface area contributed by atoms with Crippen molar-refractivity contribution in [2.45, 2.75) is 38.5 Å². The van der Waals surface area contributed by atoms with Crippen LogP contribution in [0.15, 0.2) is 16.8 Å². The molecule has 2 aliphatic heterocycles. The SMILES string of the molecule is CCN(CC)C(CNC(=O)N1CCC2(CC1)OCCO2)c1ccsc1. The minimum absolute atomic E-state index is 0.0141. The van der Waals surface area contributed by atoms with Gasteiger partial charge < -0.3 is 19.7 Å². The lowest BCUT2D eigenvalue weighted by Crippen LogP contribution is -2.51. The van der Waals surface area contributed by atoms with Crippen molar-refractivity contribution in [3.05, 3.63) is 22.4 Å². The largest absolute Gasteiger partial charge is 0.347 e. The predicted molar refractivity (Wildman–Crippen MR) is 98.8 cm³/mol. The Labute approximate surface area is 154 Å². The number of likely N-dealkylation sites (tertiary alicyclic amines) is 1. The molecule has 140 valence electrons. The third-order valence-electron chi connectivity index (χ3n) is 5.25. The fourth-order valence-electron chi connectivity index (χ4n) is 3.72. The van der Waals surface area contributed by atoms with Gasteiger partial charge in [-0.3, -0.25) is 4.90 Å². The molecule has 0 saturated carbocycles. The van der Waals surface area contributed by atoms with Crippen molar-refractivity contribution in [1.82, 2.24) is 15.1 Å². The maximum absolute atomic E-state index is 12.6. The zero-order chi connectivity index (χ0) is 17.7. The number of nitrogens with zero attached hydrogens (tertiary/aromatic N) is 2. The minimum atomic E-state index is -0.433. The maximum Gasteiger partial charge on any atom is 0.317 e. The van der Waals surface area contributed by atoms with Gasteiger partial charge in [0.1, 0.15) is 0 Å². The number of amides is 2. The Balaban J connectivity index is 1.53. The lowest BCUT2D eigenvalue weighted by molar-refractivity contribution is -0.181. The van der Waals surface area contributed by atoms with Crippen molar-refractivity contribution >= 4 is 17.4 Å². The van der Waals surface area contributed by atoms with E-state index in [4.69, 9.17) is 9.47 Å². The van der Waals surface area contributed by atoms with E-state index in [1.165, 1.54) is 5.56 Å². The summed E-state index contributed by atoms with van der Waals surface area (Å²) in [5, 5.41) is 7.41. The van der Waals surface area contributed by atoms with Gasteiger partial charge in [0.05, 0.1) is 19.3 Å². The van der Waals surface area contributed by atoms with Crippen LogP contribution in [-0.2, 0) is 9.47 Å². The number of hydrogen-bond acceptors (Lipinski definition) is 5. The van der Waals surface area contributed by atoms with E-state index in [0.29, 0.717) is 32.8 Å². The second-order valence-corrected chi connectivity index (χ2v) is 7.35. The van der Waals surface area contributed by atoms with Crippen LogP contribution in [0.4, 0.5) is 4.79 Å². The smallest absolute Gasteiger partial charge is 0.317 e. The molecule has 1 aromatic rings. The van der Waals surface area contributed by atoms with Crippen LogP contribution in [0.25, 0.3) is 0 Å². The fourth-order valence-corrected chi connectivity index (χ4v) is 4.43. The molecule has 0 aromatic carbocycles. The van der Waals surface area contributed by atoms with E-state index >= 15 is 0 Å². The van der Waals surface area contributed by atoms with Crippen LogP contribution < -0.4 is 5.32 Å². The zero-order valence-corrected chi connectivity index (χ0v) is 16.0. The second kappa shape index (κ2) is 8.49. The zero-order valence-electron chi connectivity index (χ0n) is 15.2. The van der Waals surface area contributed by atoms with E-state index in [-0.39, 0.29) is 12.1 Å². The third-order valence-corrected chi connectivity index (χ3v) is 5.96. The quantitative estimate of drug-likeness (QED) is 0.840. The lowest BCUT2D eigenvalue weighted by atomic mass is 10.0. The van der Waals surface area contributed by atoms with Crippen molar-refractivity contribution in [1.29, 1.82) is 0 Å². The fraction of sp³-hybridized carbons (Fsp3) is 0.722. The van der Waals surface area contributed by atoms with Gasteiger partial charge in [0, 0.05) is 32.5 Å². The summed E-state index contributed by atoms with van der Waals surface area (Å²) in [4.78, 5) is 16.9. The molecule has 2 fully saturated rings. The molecule has 1 spiro atoms. The number of rotatable bonds is 6. The molecule has 25 heavy (non-hydrogen) atoms. The first-order valence-corrected chi connectivity index (χ1v) is 10.2. The Bertz CT molecular complexity index is 532. The Kier molecular flexibility index (Phi) is 6.33. The van der Waals surface area contributed by atoms with Crippen molar-refractivity contribution in [3.8, 4) is 0 Å². The van der Waals surface area contributed by atoms with Crippen LogP contribution in [0.2, 0.25) is 0 Å². The summed E-state index contributed by atoms with van der Waals surface area (Å²) in [6.07, 6.45) is 1.51. The number of urea groups is 1. The summed E-state index contributed by atoms with van der Waals surface area (Å²) >= 11 is 1.70. The van der Waals surface area contributed by atoms with Gasteiger partial charge in [0.15, 0.2) is 5.79 Å².